The Morgan fingerprint density at radius 1 is 1.50 bits per heavy atom. The van der Waals surface area contributed by atoms with E-state index in [1.54, 1.807) is 24.6 Å². The molecule has 0 fully saturated rings. The number of rotatable bonds is 2. The number of aryl methyl sites for hydroxylation is 2. The largest absolute Gasteiger partial charge is 0.462 e. The third kappa shape index (κ3) is 1.64. The predicted molar refractivity (Wildman–Crippen MR) is 58.4 cm³/mol. The lowest BCUT2D eigenvalue weighted by Gasteiger charge is -2.00. The van der Waals surface area contributed by atoms with E-state index in [4.69, 9.17) is 4.74 Å². The van der Waals surface area contributed by atoms with E-state index in [9.17, 15) is 4.79 Å². The summed E-state index contributed by atoms with van der Waals surface area (Å²) < 4.78 is 6.58. The number of nitrogens with zero attached hydrogens (tertiary/aromatic N) is 3. The average Bonchev–Trinajstić information content (AvgIpc) is 2.53. The van der Waals surface area contributed by atoms with Gasteiger partial charge in [0, 0.05) is 12.4 Å². The van der Waals surface area contributed by atoms with Gasteiger partial charge in [0.15, 0.2) is 5.65 Å². The van der Waals surface area contributed by atoms with Gasteiger partial charge in [0.05, 0.1) is 12.3 Å². The quantitative estimate of drug-likeness (QED) is 0.718. The zero-order chi connectivity index (χ0) is 11.7. The van der Waals surface area contributed by atoms with Crippen molar-refractivity contribution in [3.05, 3.63) is 29.2 Å². The number of fused-ring (bicyclic) bond motifs is 1. The number of ether oxygens (including phenoxy) is 1. The van der Waals surface area contributed by atoms with Gasteiger partial charge in [0.1, 0.15) is 5.56 Å². The molecule has 5 heteroatoms. The molecule has 0 bridgehead atoms. The van der Waals surface area contributed by atoms with E-state index in [1.807, 2.05) is 13.1 Å². The van der Waals surface area contributed by atoms with Crippen LogP contribution in [-0.2, 0) is 4.74 Å². The van der Waals surface area contributed by atoms with Crippen molar-refractivity contribution < 1.29 is 9.53 Å². The van der Waals surface area contributed by atoms with E-state index in [2.05, 4.69) is 10.1 Å². The highest BCUT2D eigenvalue weighted by Crippen LogP contribution is 2.14. The summed E-state index contributed by atoms with van der Waals surface area (Å²) in [6.07, 6.45) is 3.54. The summed E-state index contributed by atoms with van der Waals surface area (Å²) in [5.74, 6) is -0.369. The summed E-state index contributed by atoms with van der Waals surface area (Å²) in [4.78, 5) is 15.9. The molecule has 0 aliphatic rings. The van der Waals surface area contributed by atoms with E-state index < -0.39 is 0 Å². The summed E-state index contributed by atoms with van der Waals surface area (Å²) in [7, 11) is 0. The molecule has 0 amide bonds. The Kier molecular flexibility index (Phi) is 2.60. The highest BCUT2D eigenvalue weighted by molar-refractivity contribution is 5.97. The fourth-order valence-corrected chi connectivity index (χ4v) is 1.58. The summed E-state index contributed by atoms with van der Waals surface area (Å²) in [6.45, 7) is 5.82. The van der Waals surface area contributed by atoms with Gasteiger partial charge in [-0.25, -0.2) is 14.3 Å². The molecule has 0 unspecified atom stereocenters. The van der Waals surface area contributed by atoms with Gasteiger partial charge < -0.3 is 4.74 Å². The lowest BCUT2D eigenvalue weighted by Crippen LogP contribution is -2.06. The first-order valence-electron chi connectivity index (χ1n) is 5.12. The molecular weight excluding hydrogens is 206 g/mol. The molecule has 5 nitrogen and oxygen atoms in total. The van der Waals surface area contributed by atoms with Crippen molar-refractivity contribution in [2.45, 2.75) is 20.8 Å². The highest BCUT2D eigenvalue weighted by atomic mass is 16.5. The Morgan fingerprint density at radius 3 is 2.94 bits per heavy atom. The summed E-state index contributed by atoms with van der Waals surface area (Å²) in [6, 6.07) is 0. The van der Waals surface area contributed by atoms with Gasteiger partial charge in [-0.05, 0) is 26.3 Å². The topological polar surface area (TPSA) is 56.5 Å². The molecule has 0 spiro atoms. The third-order valence-electron chi connectivity index (χ3n) is 2.26. The van der Waals surface area contributed by atoms with Crippen molar-refractivity contribution >= 4 is 11.6 Å². The third-order valence-corrected chi connectivity index (χ3v) is 2.26. The molecule has 2 heterocycles. The molecule has 0 aliphatic heterocycles. The van der Waals surface area contributed by atoms with E-state index in [0.717, 1.165) is 5.56 Å². The number of esters is 1. The van der Waals surface area contributed by atoms with Crippen LogP contribution in [0.4, 0.5) is 0 Å². The van der Waals surface area contributed by atoms with Gasteiger partial charge in [-0.2, -0.15) is 5.10 Å². The fourth-order valence-electron chi connectivity index (χ4n) is 1.58. The van der Waals surface area contributed by atoms with Crippen molar-refractivity contribution in [1.82, 2.24) is 14.6 Å². The smallest absolute Gasteiger partial charge is 0.343 e. The summed E-state index contributed by atoms with van der Waals surface area (Å²) in [5, 5.41) is 4.23. The van der Waals surface area contributed by atoms with Crippen molar-refractivity contribution in [2.24, 2.45) is 0 Å². The minimum absolute atomic E-state index is 0.349. The first-order valence-corrected chi connectivity index (χ1v) is 5.12. The molecule has 0 saturated carbocycles. The molecule has 16 heavy (non-hydrogen) atoms. The van der Waals surface area contributed by atoms with Crippen LogP contribution in [0.3, 0.4) is 0 Å². The van der Waals surface area contributed by atoms with Crippen LogP contribution < -0.4 is 0 Å². The van der Waals surface area contributed by atoms with Gasteiger partial charge in [-0.3, -0.25) is 0 Å². The second kappa shape index (κ2) is 3.92. The number of hydrogen-bond acceptors (Lipinski definition) is 4. The van der Waals surface area contributed by atoms with Crippen LogP contribution in [0.2, 0.25) is 0 Å². The van der Waals surface area contributed by atoms with Gasteiger partial charge in [0.25, 0.3) is 0 Å². The molecule has 0 aliphatic carbocycles. The first-order chi connectivity index (χ1) is 7.63. The van der Waals surface area contributed by atoms with Crippen molar-refractivity contribution in [1.29, 1.82) is 0 Å². The van der Waals surface area contributed by atoms with Gasteiger partial charge in [0.2, 0.25) is 0 Å². The van der Waals surface area contributed by atoms with Crippen molar-refractivity contribution in [2.75, 3.05) is 6.61 Å². The van der Waals surface area contributed by atoms with Crippen LogP contribution in [-0.4, -0.2) is 27.2 Å². The van der Waals surface area contributed by atoms with Crippen LogP contribution >= 0.6 is 0 Å². The van der Waals surface area contributed by atoms with Crippen LogP contribution in [0.1, 0.15) is 28.5 Å². The van der Waals surface area contributed by atoms with E-state index >= 15 is 0 Å². The normalized spacial score (nSPS) is 10.7. The maximum Gasteiger partial charge on any atom is 0.343 e. The lowest BCUT2D eigenvalue weighted by molar-refractivity contribution is 0.0527. The van der Waals surface area contributed by atoms with Crippen molar-refractivity contribution in [3.8, 4) is 0 Å². The average molecular weight is 219 g/mol. The van der Waals surface area contributed by atoms with Crippen LogP contribution in [0.15, 0.2) is 12.4 Å². The fraction of sp³-hybridized carbons (Fsp3) is 0.364. The minimum Gasteiger partial charge on any atom is -0.462 e. The Hall–Kier alpha value is -1.91. The molecule has 0 aromatic carbocycles. The summed E-state index contributed by atoms with van der Waals surface area (Å²) >= 11 is 0. The van der Waals surface area contributed by atoms with Crippen LogP contribution in [0.5, 0.6) is 0 Å². The SMILES string of the molecule is CCOC(=O)c1c(C)nn2cc(C)cnc12. The number of carbonyl (C=O) groups excluding carboxylic acids is 1. The van der Waals surface area contributed by atoms with Gasteiger partial charge >= 0.3 is 5.97 Å². The summed E-state index contributed by atoms with van der Waals surface area (Å²) in [5.41, 5.74) is 2.62. The molecule has 0 N–H and O–H groups in total. The molecule has 0 radical (unpaired) electrons. The molecule has 2 aromatic heterocycles. The molecule has 2 rings (SSSR count). The Balaban J connectivity index is 2.60. The molecular formula is C11H13N3O2. The zero-order valence-corrected chi connectivity index (χ0v) is 9.52. The Labute approximate surface area is 93.1 Å². The monoisotopic (exact) mass is 219 g/mol. The number of aromatic nitrogens is 3. The molecule has 84 valence electrons. The standard InChI is InChI=1S/C11H13N3O2/c1-4-16-11(15)9-8(3)13-14-6-7(2)5-12-10(9)14/h5-6H,4H2,1-3H3. The second-order valence-corrected chi connectivity index (χ2v) is 3.58. The van der Waals surface area contributed by atoms with E-state index in [1.165, 1.54) is 0 Å². The number of carbonyl (C=O) groups is 1. The van der Waals surface area contributed by atoms with Crippen LogP contribution in [0.25, 0.3) is 5.65 Å². The zero-order valence-electron chi connectivity index (χ0n) is 9.52. The molecule has 0 atom stereocenters. The van der Waals surface area contributed by atoms with Crippen LogP contribution in [0, 0.1) is 13.8 Å². The van der Waals surface area contributed by atoms with Crippen molar-refractivity contribution in [3.63, 3.8) is 0 Å². The maximum atomic E-state index is 11.7. The second-order valence-electron chi connectivity index (χ2n) is 3.58. The lowest BCUT2D eigenvalue weighted by atomic mass is 10.2. The molecule has 0 saturated heterocycles. The van der Waals surface area contributed by atoms with Gasteiger partial charge in [-0.15, -0.1) is 0 Å². The number of hydrogen-bond donors (Lipinski definition) is 0. The highest BCUT2D eigenvalue weighted by Gasteiger charge is 2.19. The predicted octanol–water partition coefficient (Wildman–Crippen LogP) is 1.52. The maximum absolute atomic E-state index is 11.7. The Morgan fingerprint density at radius 2 is 2.25 bits per heavy atom. The van der Waals surface area contributed by atoms with E-state index in [-0.39, 0.29) is 5.97 Å². The molecule has 2 aromatic rings. The minimum atomic E-state index is -0.369. The van der Waals surface area contributed by atoms with E-state index in [0.29, 0.717) is 23.5 Å². The van der Waals surface area contributed by atoms with Gasteiger partial charge in [-0.1, -0.05) is 0 Å². The first kappa shape index (κ1) is 10.6. The Bertz CT molecular complexity index is 545.